The lowest BCUT2D eigenvalue weighted by atomic mass is 9.98. The van der Waals surface area contributed by atoms with Crippen LogP contribution in [0.25, 0.3) is 0 Å². The van der Waals surface area contributed by atoms with Gasteiger partial charge in [0.2, 0.25) is 5.91 Å². The maximum Gasteiger partial charge on any atom is 0.408 e. The molecule has 0 bridgehead atoms. The molecule has 2 amide bonds. The molecule has 10 heteroatoms. The molecule has 0 saturated heterocycles. The third-order valence-electron chi connectivity index (χ3n) is 5.68. The van der Waals surface area contributed by atoms with E-state index in [1.165, 1.54) is 18.2 Å². The summed E-state index contributed by atoms with van der Waals surface area (Å²) in [6.45, 7) is 8.81. The van der Waals surface area contributed by atoms with Crippen LogP contribution >= 0.6 is 0 Å². The van der Waals surface area contributed by atoms with Crippen molar-refractivity contribution in [2.45, 2.75) is 76.6 Å². The van der Waals surface area contributed by atoms with Gasteiger partial charge in [-0.05, 0) is 50.5 Å². The van der Waals surface area contributed by atoms with E-state index in [-0.39, 0.29) is 23.8 Å². The van der Waals surface area contributed by atoms with Gasteiger partial charge in [0.1, 0.15) is 18.2 Å². The number of hydrogen-bond acceptors (Lipinski definition) is 7. The summed E-state index contributed by atoms with van der Waals surface area (Å²) in [4.78, 5) is 38.4. The SMILES string of the molecule is CC[C@H](C)[C@H](NC(=O)OCc1ccccc1)C(=O)N[C@H](/C=C/S(=O)(=O)c1ccccc1)CC(=O)OC(C)(C)C. The van der Waals surface area contributed by atoms with E-state index in [0.717, 1.165) is 11.0 Å². The zero-order chi connectivity index (χ0) is 29.1. The van der Waals surface area contributed by atoms with Crippen LogP contribution in [0.15, 0.2) is 77.0 Å². The predicted octanol–water partition coefficient (Wildman–Crippen LogP) is 4.53. The van der Waals surface area contributed by atoms with E-state index >= 15 is 0 Å². The summed E-state index contributed by atoms with van der Waals surface area (Å²) >= 11 is 0. The minimum Gasteiger partial charge on any atom is -0.460 e. The summed E-state index contributed by atoms with van der Waals surface area (Å²) in [7, 11) is -3.83. The van der Waals surface area contributed by atoms with E-state index in [4.69, 9.17) is 9.47 Å². The number of sulfone groups is 1. The first-order chi connectivity index (χ1) is 18.3. The Hall–Kier alpha value is -3.66. The lowest BCUT2D eigenvalue weighted by Crippen LogP contribution is -2.52. The van der Waals surface area contributed by atoms with Gasteiger partial charge in [0.15, 0.2) is 9.84 Å². The van der Waals surface area contributed by atoms with Crippen LogP contribution in [0, 0.1) is 5.92 Å². The molecule has 0 aliphatic heterocycles. The number of carbonyl (C=O) groups excluding carboxylic acids is 3. The van der Waals surface area contributed by atoms with Crippen molar-refractivity contribution in [3.05, 3.63) is 77.7 Å². The number of rotatable bonds is 12. The van der Waals surface area contributed by atoms with Crippen molar-refractivity contribution in [2.24, 2.45) is 5.92 Å². The molecular weight excluding hydrogens is 520 g/mol. The van der Waals surface area contributed by atoms with Crippen LogP contribution in [0.5, 0.6) is 0 Å². The van der Waals surface area contributed by atoms with E-state index in [1.54, 1.807) is 45.9 Å². The molecule has 2 rings (SSSR count). The number of hydrogen-bond donors (Lipinski definition) is 2. The second kappa shape index (κ2) is 14.5. The molecule has 9 nitrogen and oxygen atoms in total. The van der Waals surface area contributed by atoms with Crippen LogP contribution in [0.2, 0.25) is 0 Å². The van der Waals surface area contributed by atoms with Crippen molar-refractivity contribution in [2.75, 3.05) is 0 Å². The lowest BCUT2D eigenvalue weighted by Gasteiger charge is -2.26. The van der Waals surface area contributed by atoms with Crippen LogP contribution in [-0.2, 0) is 35.5 Å². The Morgan fingerprint density at radius 3 is 2.10 bits per heavy atom. The van der Waals surface area contributed by atoms with Crippen LogP contribution in [-0.4, -0.2) is 44.1 Å². The van der Waals surface area contributed by atoms with Gasteiger partial charge in [-0.2, -0.15) is 0 Å². The quantitative estimate of drug-likeness (QED) is 0.366. The smallest absolute Gasteiger partial charge is 0.408 e. The molecule has 2 N–H and O–H groups in total. The molecule has 0 fully saturated rings. The van der Waals surface area contributed by atoms with Gasteiger partial charge >= 0.3 is 12.1 Å². The Bertz CT molecular complexity index is 1220. The fourth-order valence-corrected chi connectivity index (χ4v) is 4.57. The highest BCUT2D eigenvalue weighted by Crippen LogP contribution is 2.15. The van der Waals surface area contributed by atoms with E-state index < -0.39 is 45.5 Å². The standard InChI is InChI=1S/C29H38N2O7S/c1-6-21(2)26(31-28(34)37-20-22-13-9-7-10-14-22)27(33)30-23(19-25(32)38-29(3,4)5)17-18-39(35,36)24-15-11-8-12-16-24/h7-18,21,23,26H,6,19-20H2,1-5H3,(H,30,33)(H,31,34)/b18-17+/t21-,23+,26-/m0/s1. The van der Waals surface area contributed by atoms with Crippen LogP contribution in [0.1, 0.15) is 53.0 Å². The minimum absolute atomic E-state index is 0.0306. The maximum absolute atomic E-state index is 13.3. The van der Waals surface area contributed by atoms with Gasteiger partial charge in [-0.25, -0.2) is 13.2 Å². The highest BCUT2D eigenvalue weighted by molar-refractivity contribution is 7.94. The molecule has 0 radical (unpaired) electrons. The first-order valence-electron chi connectivity index (χ1n) is 12.8. The van der Waals surface area contributed by atoms with Gasteiger partial charge in [0, 0.05) is 5.41 Å². The average molecular weight is 559 g/mol. The summed E-state index contributed by atoms with van der Waals surface area (Å²) in [5, 5.41) is 6.25. The number of ether oxygens (including phenoxy) is 2. The topological polar surface area (TPSA) is 128 Å². The largest absolute Gasteiger partial charge is 0.460 e. The Labute approximate surface area is 230 Å². The molecule has 212 valence electrons. The van der Waals surface area contributed by atoms with Crippen LogP contribution < -0.4 is 10.6 Å². The van der Waals surface area contributed by atoms with E-state index in [9.17, 15) is 22.8 Å². The fourth-order valence-electron chi connectivity index (χ4n) is 3.48. The molecule has 0 unspecified atom stereocenters. The molecule has 0 aliphatic carbocycles. The molecule has 0 aromatic heterocycles. The highest BCUT2D eigenvalue weighted by atomic mass is 32.2. The minimum atomic E-state index is -3.83. The first kappa shape index (κ1) is 31.6. The number of nitrogens with one attached hydrogen (secondary N) is 2. The molecule has 39 heavy (non-hydrogen) atoms. The third-order valence-corrected chi connectivity index (χ3v) is 7.12. The van der Waals surface area contributed by atoms with Crippen LogP contribution in [0.4, 0.5) is 4.79 Å². The van der Waals surface area contributed by atoms with E-state index in [0.29, 0.717) is 6.42 Å². The highest BCUT2D eigenvalue weighted by Gasteiger charge is 2.29. The molecule has 2 aromatic carbocycles. The molecule has 2 aromatic rings. The van der Waals surface area contributed by atoms with Crippen molar-refractivity contribution in [3.63, 3.8) is 0 Å². The molecule has 0 spiro atoms. The van der Waals surface area contributed by atoms with Gasteiger partial charge in [-0.1, -0.05) is 68.8 Å². The first-order valence-corrected chi connectivity index (χ1v) is 14.3. The molecule has 0 saturated carbocycles. The number of benzene rings is 2. The predicted molar refractivity (Wildman–Crippen MR) is 148 cm³/mol. The summed E-state index contributed by atoms with van der Waals surface area (Å²) in [6, 6.07) is 14.9. The third kappa shape index (κ3) is 11.3. The molecular formula is C29H38N2O7S. The van der Waals surface area contributed by atoms with Crippen molar-refractivity contribution in [1.82, 2.24) is 10.6 Å². The number of carbonyl (C=O) groups is 3. The van der Waals surface area contributed by atoms with Gasteiger partial charge in [-0.15, -0.1) is 0 Å². The Kier molecular flexibility index (Phi) is 11.7. The van der Waals surface area contributed by atoms with Crippen molar-refractivity contribution < 1.29 is 32.3 Å². The Morgan fingerprint density at radius 1 is 0.949 bits per heavy atom. The second-order valence-corrected chi connectivity index (χ2v) is 12.0. The van der Waals surface area contributed by atoms with Crippen molar-refractivity contribution >= 4 is 27.8 Å². The number of amides is 2. The Balaban J connectivity index is 2.20. The number of esters is 1. The van der Waals surface area contributed by atoms with E-state index in [2.05, 4.69) is 10.6 Å². The van der Waals surface area contributed by atoms with Crippen LogP contribution in [0.3, 0.4) is 0 Å². The zero-order valence-electron chi connectivity index (χ0n) is 23.0. The summed E-state index contributed by atoms with van der Waals surface area (Å²) in [6.07, 6.45) is 0.720. The lowest BCUT2D eigenvalue weighted by molar-refractivity contribution is -0.155. The second-order valence-electron chi connectivity index (χ2n) is 10.2. The van der Waals surface area contributed by atoms with Gasteiger partial charge in [0.25, 0.3) is 0 Å². The van der Waals surface area contributed by atoms with E-state index in [1.807, 2.05) is 37.3 Å². The Morgan fingerprint density at radius 2 is 1.54 bits per heavy atom. The monoisotopic (exact) mass is 558 g/mol. The van der Waals surface area contributed by atoms with Gasteiger partial charge in [0.05, 0.1) is 17.4 Å². The summed E-state index contributed by atoms with van der Waals surface area (Å²) in [5.41, 5.74) is 0.0220. The normalized spacial score (nSPS) is 14.2. The summed E-state index contributed by atoms with van der Waals surface area (Å²) in [5.74, 6) is -1.49. The zero-order valence-corrected chi connectivity index (χ0v) is 23.9. The fraction of sp³-hybridized carbons (Fsp3) is 0.414. The molecule has 0 heterocycles. The molecule has 3 atom stereocenters. The van der Waals surface area contributed by atoms with Crippen molar-refractivity contribution in [3.8, 4) is 0 Å². The maximum atomic E-state index is 13.3. The van der Waals surface area contributed by atoms with Gasteiger partial charge < -0.3 is 20.1 Å². The van der Waals surface area contributed by atoms with Crippen molar-refractivity contribution in [1.29, 1.82) is 0 Å². The summed E-state index contributed by atoms with van der Waals surface area (Å²) < 4.78 is 36.2. The van der Waals surface area contributed by atoms with Gasteiger partial charge in [-0.3, -0.25) is 9.59 Å². The average Bonchev–Trinajstić information content (AvgIpc) is 2.88. The number of alkyl carbamates (subject to hydrolysis) is 1. The molecule has 0 aliphatic rings.